The van der Waals surface area contributed by atoms with Gasteiger partial charge in [-0.1, -0.05) is 95.3 Å². The van der Waals surface area contributed by atoms with Gasteiger partial charge in [0, 0.05) is 31.3 Å². The number of hydrogen-bond donors (Lipinski definition) is 2. The van der Waals surface area contributed by atoms with Crippen LogP contribution in [0.1, 0.15) is 53.9 Å². The van der Waals surface area contributed by atoms with Gasteiger partial charge in [-0.2, -0.15) is 0 Å². The monoisotopic (exact) mass is 468 g/mol. The van der Waals surface area contributed by atoms with E-state index in [1.54, 1.807) is 4.90 Å². The fraction of sp³-hybridized carbons (Fsp3) is 0.519. The van der Waals surface area contributed by atoms with E-state index in [-0.39, 0.29) is 17.1 Å². The summed E-state index contributed by atoms with van der Waals surface area (Å²) in [5, 5.41) is 15.8. The highest BCUT2D eigenvalue weighted by Gasteiger charge is 2.50. The van der Waals surface area contributed by atoms with E-state index in [0.29, 0.717) is 25.6 Å². The van der Waals surface area contributed by atoms with Crippen LogP contribution in [0.3, 0.4) is 0 Å². The summed E-state index contributed by atoms with van der Waals surface area (Å²) < 4.78 is 6.99. The van der Waals surface area contributed by atoms with Gasteiger partial charge in [0.15, 0.2) is 0 Å². The van der Waals surface area contributed by atoms with Gasteiger partial charge in [-0.25, -0.2) is 4.79 Å². The Morgan fingerprint density at radius 1 is 1.06 bits per heavy atom. The van der Waals surface area contributed by atoms with Crippen LogP contribution in [0.15, 0.2) is 60.7 Å². The number of benzene rings is 2. The maximum atomic E-state index is 12.0. The van der Waals surface area contributed by atoms with E-state index in [2.05, 4.69) is 88.5 Å². The highest BCUT2D eigenvalue weighted by molar-refractivity contribution is 6.99. The molecule has 0 radical (unpaired) electrons. The van der Waals surface area contributed by atoms with Crippen LogP contribution in [0.2, 0.25) is 5.04 Å². The molecule has 1 aliphatic heterocycles. The van der Waals surface area contributed by atoms with Gasteiger partial charge in [-0.15, -0.1) is 0 Å². The van der Waals surface area contributed by atoms with Gasteiger partial charge in [0.2, 0.25) is 0 Å². The highest BCUT2D eigenvalue weighted by atomic mass is 28.4. The fourth-order valence-electron chi connectivity index (χ4n) is 5.28. The van der Waals surface area contributed by atoms with E-state index in [1.807, 2.05) is 12.1 Å². The standard InChI is InChI=1S/C27H40N2O3Si/c1-21(2)28-22-16-17-23(29(20-22)26(30)31)18-19-32-33(27(3,4)5,24-12-8-6-9-13-24)25-14-10-7-11-15-25/h6-15,21-23,28H,16-20H2,1-5H3,(H,30,31)/t22-,23-/m1/s1. The lowest BCUT2D eigenvalue weighted by molar-refractivity contribution is 0.0826. The predicted molar refractivity (Wildman–Crippen MR) is 138 cm³/mol. The molecule has 1 amide bonds. The van der Waals surface area contributed by atoms with Crippen molar-refractivity contribution in [3.05, 3.63) is 60.7 Å². The SMILES string of the molecule is CC(C)N[C@@H]1CC[C@H](CCO[Si](c2ccccc2)(c2ccccc2)C(C)(C)C)N(C(=O)O)C1. The van der Waals surface area contributed by atoms with Crippen LogP contribution < -0.4 is 15.7 Å². The number of carbonyl (C=O) groups is 1. The third kappa shape index (κ3) is 5.86. The molecule has 1 heterocycles. The third-order valence-corrected chi connectivity index (χ3v) is 11.7. The van der Waals surface area contributed by atoms with Crippen molar-refractivity contribution in [2.75, 3.05) is 13.2 Å². The van der Waals surface area contributed by atoms with Crippen molar-refractivity contribution in [2.24, 2.45) is 0 Å². The van der Waals surface area contributed by atoms with Crippen molar-refractivity contribution in [1.82, 2.24) is 10.2 Å². The van der Waals surface area contributed by atoms with E-state index in [4.69, 9.17) is 4.43 Å². The average Bonchev–Trinajstić information content (AvgIpc) is 2.77. The zero-order chi connectivity index (χ0) is 24.1. The summed E-state index contributed by atoms with van der Waals surface area (Å²) in [7, 11) is -2.60. The summed E-state index contributed by atoms with van der Waals surface area (Å²) in [5.41, 5.74) is 0. The quantitative estimate of drug-likeness (QED) is 0.562. The van der Waals surface area contributed by atoms with Crippen molar-refractivity contribution in [1.29, 1.82) is 0 Å². The van der Waals surface area contributed by atoms with Gasteiger partial charge >= 0.3 is 6.09 Å². The zero-order valence-electron chi connectivity index (χ0n) is 20.8. The Kier molecular flexibility index (Phi) is 8.37. The molecule has 1 aliphatic rings. The summed E-state index contributed by atoms with van der Waals surface area (Å²) >= 11 is 0. The third-order valence-electron chi connectivity index (χ3n) is 6.71. The van der Waals surface area contributed by atoms with Crippen LogP contribution in [0, 0.1) is 0 Å². The summed E-state index contributed by atoms with van der Waals surface area (Å²) in [5.74, 6) is 0. The molecule has 180 valence electrons. The van der Waals surface area contributed by atoms with Crippen LogP contribution >= 0.6 is 0 Å². The molecule has 0 saturated carbocycles. The van der Waals surface area contributed by atoms with E-state index in [0.717, 1.165) is 12.8 Å². The van der Waals surface area contributed by atoms with E-state index in [1.165, 1.54) is 10.4 Å². The Morgan fingerprint density at radius 2 is 1.61 bits per heavy atom. The second-order valence-electron chi connectivity index (χ2n) is 10.5. The summed E-state index contributed by atoms with van der Waals surface area (Å²) in [6.07, 6.45) is 1.73. The highest BCUT2D eigenvalue weighted by Crippen LogP contribution is 2.37. The number of amides is 1. The molecule has 2 atom stereocenters. The second kappa shape index (κ2) is 10.8. The molecule has 0 aromatic heterocycles. The molecule has 33 heavy (non-hydrogen) atoms. The molecular formula is C27H40N2O3Si. The average molecular weight is 469 g/mol. The molecule has 0 bridgehead atoms. The van der Waals surface area contributed by atoms with E-state index < -0.39 is 14.4 Å². The molecule has 1 fully saturated rings. The van der Waals surface area contributed by atoms with Crippen molar-refractivity contribution in [3.63, 3.8) is 0 Å². The van der Waals surface area contributed by atoms with Gasteiger partial charge in [-0.05, 0) is 34.7 Å². The number of carboxylic acid groups (broad SMARTS) is 1. The van der Waals surface area contributed by atoms with Crippen LogP contribution in [0.4, 0.5) is 4.79 Å². The van der Waals surface area contributed by atoms with Crippen LogP contribution in [-0.4, -0.2) is 55.7 Å². The summed E-state index contributed by atoms with van der Waals surface area (Å²) in [6.45, 7) is 12.1. The fourth-order valence-corrected chi connectivity index (χ4v) is 9.86. The lowest BCUT2D eigenvalue weighted by Gasteiger charge is -2.44. The molecule has 0 spiro atoms. The molecule has 6 heteroatoms. The lowest BCUT2D eigenvalue weighted by atomic mass is 9.96. The molecule has 3 rings (SSSR count). The summed E-state index contributed by atoms with van der Waals surface area (Å²) in [6, 6.07) is 21.8. The molecule has 0 unspecified atom stereocenters. The molecule has 1 saturated heterocycles. The van der Waals surface area contributed by atoms with Crippen molar-refractivity contribution >= 4 is 24.8 Å². The Morgan fingerprint density at radius 3 is 2.06 bits per heavy atom. The second-order valence-corrected chi connectivity index (χ2v) is 14.8. The van der Waals surface area contributed by atoms with Gasteiger partial charge in [0.05, 0.1) is 0 Å². The Bertz CT molecular complexity index is 844. The van der Waals surface area contributed by atoms with E-state index >= 15 is 0 Å². The first-order valence-electron chi connectivity index (χ1n) is 12.2. The number of hydrogen-bond acceptors (Lipinski definition) is 3. The normalized spacial score (nSPS) is 19.6. The topological polar surface area (TPSA) is 61.8 Å². The molecule has 2 N–H and O–H groups in total. The van der Waals surface area contributed by atoms with Crippen molar-refractivity contribution < 1.29 is 14.3 Å². The minimum Gasteiger partial charge on any atom is -0.465 e. The first kappa shape index (κ1) is 25.5. The number of nitrogens with zero attached hydrogens (tertiary/aromatic N) is 1. The minimum absolute atomic E-state index is 0.00840. The molecule has 2 aromatic rings. The van der Waals surface area contributed by atoms with Gasteiger partial charge < -0.3 is 19.7 Å². The Balaban J connectivity index is 1.83. The molecule has 0 aliphatic carbocycles. The number of nitrogens with one attached hydrogen (secondary N) is 1. The van der Waals surface area contributed by atoms with Gasteiger partial charge in [0.1, 0.15) is 0 Å². The van der Waals surface area contributed by atoms with Crippen LogP contribution in [-0.2, 0) is 4.43 Å². The largest absolute Gasteiger partial charge is 0.465 e. The Labute approximate surface area is 200 Å². The maximum Gasteiger partial charge on any atom is 0.407 e. The molecular weight excluding hydrogens is 428 g/mol. The van der Waals surface area contributed by atoms with Crippen molar-refractivity contribution in [2.45, 2.75) is 77.0 Å². The van der Waals surface area contributed by atoms with Crippen LogP contribution in [0.25, 0.3) is 0 Å². The van der Waals surface area contributed by atoms with Gasteiger partial charge in [-0.3, -0.25) is 0 Å². The number of rotatable bonds is 8. The van der Waals surface area contributed by atoms with E-state index in [9.17, 15) is 9.90 Å². The first-order valence-corrected chi connectivity index (χ1v) is 14.1. The maximum absolute atomic E-state index is 12.0. The molecule has 2 aromatic carbocycles. The first-order chi connectivity index (χ1) is 15.6. The summed E-state index contributed by atoms with van der Waals surface area (Å²) in [4.78, 5) is 13.6. The zero-order valence-corrected chi connectivity index (χ0v) is 21.8. The van der Waals surface area contributed by atoms with Crippen molar-refractivity contribution in [3.8, 4) is 0 Å². The predicted octanol–water partition coefficient (Wildman–Crippen LogP) is 4.46. The molecule has 5 nitrogen and oxygen atoms in total. The minimum atomic E-state index is -2.60. The van der Waals surface area contributed by atoms with Gasteiger partial charge in [0.25, 0.3) is 8.32 Å². The smallest absolute Gasteiger partial charge is 0.407 e. The number of piperidine rings is 1. The number of likely N-dealkylation sites (tertiary alicyclic amines) is 1. The lowest BCUT2D eigenvalue weighted by Crippen LogP contribution is -2.66. The Hall–Kier alpha value is -2.15. The van der Waals surface area contributed by atoms with Crippen LogP contribution in [0.5, 0.6) is 0 Å².